The van der Waals surface area contributed by atoms with Gasteiger partial charge in [-0.3, -0.25) is 14.5 Å². The van der Waals surface area contributed by atoms with E-state index in [0.29, 0.717) is 22.4 Å². The van der Waals surface area contributed by atoms with Crippen molar-refractivity contribution in [1.82, 2.24) is 19.7 Å². The highest BCUT2D eigenvalue weighted by molar-refractivity contribution is 6.42. The number of carbonyl (C=O) groups excluding carboxylic acids is 1. The molecule has 0 aliphatic carbocycles. The van der Waals surface area contributed by atoms with Gasteiger partial charge >= 0.3 is 0 Å². The normalized spacial score (nSPS) is 14.9. The average molecular weight is 445 g/mol. The molecule has 0 atom stereocenters. The van der Waals surface area contributed by atoms with Gasteiger partial charge in [0.2, 0.25) is 0 Å². The minimum Gasteiger partial charge on any atom is -0.339 e. The predicted molar refractivity (Wildman–Crippen MR) is 129 cm³/mol. The van der Waals surface area contributed by atoms with Crippen LogP contribution in [0.3, 0.4) is 0 Å². The molecule has 0 N–H and O–H groups in total. The molecule has 5 rings (SSSR count). The smallest absolute Gasteiger partial charge is 0.255 e. The Morgan fingerprint density at radius 3 is 2.69 bits per heavy atom. The Kier molecular flexibility index (Phi) is 4.67. The number of nitrogens with zero attached hydrogens (tertiary/aromatic N) is 4. The maximum absolute atomic E-state index is 15.4. The molecule has 0 saturated heterocycles. The zero-order valence-corrected chi connectivity index (χ0v) is 19.0. The van der Waals surface area contributed by atoms with Gasteiger partial charge in [-0.15, -0.1) is 0 Å². The summed E-state index contributed by atoms with van der Waals surface area (Å²) >= 11 is 6.59. The van der Waals surface area contributed by atoms with Crippen LogP contribution in [0.15, 0.2) is 48.8 Å². The van der Waals surface area contributed by atoms with Gasteiger partial charge in [-0.1, -0.05) is 23.7 Å². The molecule has 2 aromatic carbocycles. The fraction of sp³-hybridized carbons (Fsp3) is 0.174. The van der Waals surface area contributed by atoms with Crippen molar-refractivity contribution in [2.45, 2.75) is 18.8 Å². The van der Waals surface area contributed by atoms with Crippen molar-refractivity contribution in [2.75, 3.05) is 0 Å². The van der Waals surface area contributed by atoms with E-state index in [1.165, 1.54) is 6.07 Å². The van der Waals surface area contributed by atoms with Crippen LogP contribution in [-0.4, -0.2) is 41.3 Å². The van der Waals surface area contributed by atoms with Gasteiger partial charge in [-0.05, 0) is 47.9 Å². The van der Waals surface area contributed by atoms with E-state index in [-0.39, 0.29) is 17.5 Å². The van der Waals surface area contributed by atoms with Gasteiger partial charge in [0.15, 0.2) is 0 Å². The topological polar surface area (TPSA) is 51.0 Å². The Morgan fingerprint density at radius 2 is 1.97 bits per heavy atom. The second-order valence-corrected chi connectivity index (χ2v) is 9.17. The Balaban J connectivity index is 1.55. The lowest BCUT2D eigenvalue weighted by Crippen LogP contribution is -2.44. The van der Waals surface area contributed by atoms with Gasteiger partial charge in [-0.2, -0.15) is 5.10 Å². The fourth-order valence-corrected chi connectivity index (χ4v) is 4.80. The maximum atomic E-state index is 15.4. The number of hydrogen-bond donors (Lipinski definition) is 0. The van der Waals surface area contributed by atoms with Crippen molar-refractivity contribution in [3.8, 4) is 11.1 Å². The Hall–Kier alpha value is -3.12. The summed E-state index contributed by atoms with van der Waals surface area (Å²) in [6, 6.07) is 10.7. The second kappa shape index (κ2) is 7.20. The minimum atomic E-state index is -0.666. The summed E-state index contributed by atoms with van der Waals surface area (Å²) in [5.74, 6) is -0.620. The minimum absolute atomic E-state index is 0.0589. The predicted octanol–water partition coefficient (Wildman–Crippen LogP) is 2.77. The van der Waals surface area contributed by atoms with Gasteiger partial charge in [0.1, 0.15) is 21.5 Å². The monoisotopic (exact) mass is 444 g/mol. The van der Waals surface area contributed by atoms with E-state index in [9.17, 15) is 4.79 Å². The number of hydrogen-bond acceptors (Lipinski definition) is 3. The summed E-state index contributed by atoms with van der Waals surface area (Å²) in [6.07, 6.45) is 3.59. The lowest BCUT2D eigenvalue weighted by molar-refractivity contribution is 0.0729. The number of halogens is 2. The van der Waals surface area contributed by atoms with Crippen molar-refractivity contribution >= 4 is 44.1 Å². The zero-order valence-electron chi connectivity index (χ0n) is 18.3. The number of aryl methyl sites for hydroxylation is 2. The highest BCUT2D eigenvalue weighted by Gasteiger charge is 2.44. The van der Waals surface area contributed by atoms with Gasteiger partial charge in [0, 0.05) is 47.3 Å². The highest BCUT2D eigenvalue weighted by Crippen LogP contribution is 2.38. The molecule has 3 heterocycles. The molecule has 2 aromatic heterocycles. The molecular formula is C23H20B2ClFN4O. The van der Waals surface area contributed by atoms with E-state index in [1.54, 1.807) is 34.0 Å². The van der Waals surface area contributed by atoms with Crippen LogP contribution < -0.4 is 0 Å². The van der Waals surface area contributed by atoms with E-state index in [0.717, 1.165) is 22.0 Å². The first kappa shape index (κ1) is 20.8. The number of carbonyl (C=O) groups is 1. The first-order chi connectivity index (χ1) is 15.2. The van der Waals surface area contributed by atoms with Crippen LogP contribution in [0.1, 0.15) is 27.2 Å². The van der Waals surface area contributed by atoms with Crippen molar-refractivity contribution in [1.29, 1.82) is 0 Å². The molecule has 1 amide bonds. The first-order valence-electron chi connectivity index (χ1n) is 10.4. The fourth-order valence-electron chi connectivity index (χ4n) is 4.54. The largest absolute Gasteiger partial charge is 0.339 e. The molecule has 32 heavy (non-hydrogen) atoms. The van der Waals surface area contributed by atoms with Gasteiger partial charge in [0.25, 0.3) is 5.91 Å². The molecular weight excluding hydrogens is 424 g/mol. The number of fused-ring (bicyclic) bond motifs is 2. The number of pyridine rings is 1. The summed E-state index contributed by atoms with van der Waals surface area (Å²) in [7, 11) is 5.69. The molecule has 0 bridgehead atoms. The lowest BCUT2D eigenvalue weighted by atomic mass is 9.59. The Morgan fingerprint density at radius 1 is 1.19 bits per heavy atom. The number of benzene rings is 2. The molecule has 1 aliphatic rings. The average Bonchev–Trinajstić information content (AvgIpc) is 3.22. The lowest BCUT2D eigenvalue weighted by Gasteiger charge is -2.32. The van der Waals surface area contributed by atoms with E-state index in [2.05, 4.69) is 10.1 Å². The summed E-state index contributed by atoms with van der Waals surface area (Å²) < 4.78 is 17.1. The Labute approximate surface area is 192 Å². The van der Waals surface area contributed by atoms with Crippen LogP contribution in [-0.2, 0) is 18.9 Å². The number of aromatic nitrogens is 3. The summed E-state index contributed by atoms with van der Waals surface area (Å²) in [6.45, 7) is 2.06. The van der Waals surface area contributed by atoms with E-state index in [4.69, 9.17) is 11.6 Å². The van der Waals surface area contributed by atoms with Crippen LogP contribution in [0.5, 0.6) is 0 Å². The second-order valence-electron chi connectivity index (χ2n) is 8.76. The van der Waals surface area contributed by atoms with Gasteiger partial charge < -0.3 is 4.90 Å². The molecule has 1 aliphatic heterocycles. The summed E-state index contributed by atoms with van der Waals surface area (Å²) in [5, 5.41) is 5.07. The van der Waals surface area contributed by atoms with Crippen molar-refractivity contribution < 1.29 is 9.18 Å². The summed E-state index contributed by atoms with van der Waals surface area (Å²) in [5.41, 5.74) is 4.99. The SMILES string of the molecule is BC1(B)c2ncccc2C(=O)N1Cc1c(F)cc(-c2ccc(C)c3nn(C)cc23)cc1Cl. The van der Waals surface area contributed by atoms with Crippen LogP contribution in [0.2, 0.25) is 5.02 Å². The molecule has 158 valence electrons. The summed E-state index contributed by atoms with van der Waals surface area (Å²) in [4.78, 5) is 19.0. The van der Waals surface area contributed by atoms with E-state index < -0.39 is 11.2 Å². The quantitative estimate of drug-likeness (QED) is 0.457. The highest BCUT2D eigenvalue weighted by atomic mass is 35.5. The third-order valence-corrected chi connectivity index (χ3v) is 6.64. The van der Waals surface area contributed by atoms with Crippen LogP contribution in [0, 0.1) is 12.7 Å². The number of amides is 1. The molecule has 0 unspecified atom stereocenters. The molecule has 9 heteroatoms. The first-order valence-corrected chi connectivity index (χ1v) is 10.7. The van der Waals surface area contributed by atoms with Crippen LogP contribution in [0.25, 0.3) is 22.0 Å². The third kappa shape index (κ3) is 3.05. The maximum Gasteiger partial charge on any atom is 0.255 e. The molecule has 0 saturated carbocycles. The molecule has 0 radical (unpaired) electrons. The van der Waals surface area contributed by atoms with Gasteiger partial charge in [-0.25, -0.2) is 4.39 Å². The zero-order chi connectivity index (χ0) is 22.8. The van der Waals surface area contributed by atoms with Crippen molar-refractivity contribution in [2.24, 2.45) is 7.05 Å². The van der Waals surface area contributed by atoms with Crippen molar-refractivity contribution in [3.63, 3.8) is 0 Å². The van der Waals surface area contributed by atoms with E-state index >= 15 is 4.39 Å². The van der Waals surface area contributed by atoms with E-state index in [1.807, 2.05) is 48.0 Å². The molecule has 5 nitrogen and oxygen atoms in total. The molecule has 4 aromatic rings. The molecule has 0 fully saturated rings. The third-order valence-electron chi connectivity index (χ3n) is 6.30. The number of rotatable bonds is 3. The standard InChI is InChI=1S/C23H20B2ClFN4O/c1-12-5-6-14(16-10-30(2)29-20(12)16)13-8-18(26)17(19(27)9-13)11-31-22(32)15-4-3-7-28-21(15)23(31,24)25/h3-10H,11,24-25H2,1-2H3. The van der Waals surface area contributed by atoms with Crippen LogP contribution in [0.4, 0.5) is 4.39 Å². The Bertz CT molecular complexity index is 1400. The van der Waals surface area contributed by atoms with Gasteiger partial charge in [0.05, 0.1) is 16.8 Å². The van der Waals surface area contributed by atoms with Crippen LogP contribution >= 0.6 is 11.6 Å². The van der Waals surface area contributed by atoms with Crippen molar-refractivity contribution in [3.05, 3.63) is 82.0 Å². The molecule has 0 spiro atoms.